The highest BCUT2D eigenvalue weighted by atomic mass is 35.5. The van der Waals surface area contributed by atoms with Crippen molar-refractivity contribution in [3.05, 3.63) is 59.1 Å². The first kappa shape index (κ1) is 18.8. The first-order valence-corrected chi connectivity index (χ1v) is 9.89. The highest BCUT2D eigenvalue weighted by Gasteiger charge is 2.53. The van der Waals surface area contributed by atoms with Gasteiger partial charge in [0.1, 0.15) is 11.6 Å². The molecule has 4 nitrogen and oxygen atoms in total. The third kappa shape index (κ3) is 3.21. The fraction of sp³-hybridized carbons (Fsp3) is 0.278. The van der Waals surface area contributed by atoms with Crippen molar-refractivity contribution < 1.29 is 22.0 Å². The molecule has 0 atom stereocenters. The normalized spacial score (nSPS) is 16.4. The molecule has 1 fully saturated rings. The molecule has 3 rings (SSSR count). The SMILES string of the molecule is O=C(Nc1ccc(F)cc1F)C1(S(=O)(=O)c2ccc(Cl)cc2)CCCC1. The summed E-state index contributed by atoms with van der Waals surface area (Å²) in [7, 11) is -4.02. The van der Waals surface area contributed by atoms with E-state index in [-0.39, 0.29) is 23.4 Å². The Balaban J connectivity index is 1.99. The molecule has 26 heavy (non-hydrogen) atoms. The Bertz CT molecular complexity index is 939. The van der Waals surface area contributed by atoms with Crippen molar-refractivity contribution >= 4 is 33.0 Å². The third-order valence-electron chi connectivity index (χ3n) is 4.64. The summed E-state index contributed by atoms with van der Waals surface area (Å²) < 4.78 is 51.6. The monoisotopic (exact) mass is 399 g/mol. The minimum absolute atomic E-state index is 0.0153. The van der Waals surface area contributed by atoms with Crippen LogP contribution in [0.25, 0.3) is 0 Å². The molecule has 2 aromatic rings. The van der Waals surface area contributed by atoms with Crippen LogP contribution in [0.1, 0.15) is 25.7 Å². The van der Waals surface area contributed by atoms with Gasteiger partial charge >= 0.3 is 0 Å². The van der Waals surface area contributed by atoms with Crippen LogP contribution in [-0.2, 0) is 14.6 Å². The lowest BCUT2D eigenvalue weighted by Gasteiger charge is -2.27. The van der Waals surface area contributed by atoms with E-state index in [1.54, 1.807) is 0 Å². The Morgan fingerprint density at radius 3 is 2.23 bits per heavy atom. The van der Waals surface area contributed by atoms with E-state index in [0.29, 0.717) is 23.9 Å². The molecule has 0 aliphatic heterocycles. The molecule has 1 saturated carbocycles. The van der Waals surface area contributed by atoms with Crippen molar-refractivity contribution in [1.29, 1.82) is 0 Å². The van der Waals surface area contributed by atoms with Crippen LogP contribution in [0.5, 0.6) is 0 Å². The van der Waals surface area contributed by atoms with Gasteiger partial charge in [0.25, 0.3) is 0 Å². The fourth-order valence-corrected chi connectivity index (χ4v) is 5.42. The highest BCUT2D eigenvalue weighted by Crippen LogP contribution is 2.41. The Morgan fingerprint density at radius 2 is 1.65 bits per heavy atom. The molecule has 1 aliphatic carbocycles. The van der Waals surface area contributed by atoms with Crippen LogP contribution in [0.4, 0.5) is 14.5 Å². The lowest BCUT2D eigenvalue weighted by molar-refractivity contribution is -0.118. The molecule has 0 unspecified atom stereocenters. The van der Waals surface area contributed by atoms with Gasteiger partial charge in [0.2, 0.25) is 5.91 Å². The summed E-state index contributed by atoms with van der Waals surface area (Å²) in [4.78, 5) is 12.9. The number of rotatable bonds is 4. The molecular formula is C18H16ClF2NO3S. The van der Waals surface area contributed by atoms with Gasteiger partial charge in [0, 0.05) is 11.1 Å². The molecule has 8 heteroatoms. The highest BCUT2D eigenvalue weighted by molar-refractivity contribution is 7.93. The maximum Gasteiger partial charge on any atom is 0.246 e. The van der Waals surface area contributed by atoms with Crippen molar-refractivity contribution in [2.45, 2.75) is 35.3 Å². The van der Waals surface area contributed by atoms with Gasteiger partial charge in [0.15, 0.2) is 14.6 Å². The molecule has 0 saturated heterocycles. The zero-order valence-corrected chi connectivity index (χ0v) is 15.2. The van der Waals surface area contributed by atoms with Crippen molar-refractivity contribution in [2.75, 3.05) is 5.32 Å². The number of carbonyl (C=O) groups excluding carboxylic acids is 1. The Kier molecular flexibility index (Phi) is 5.03. The summed E-state index contributed by atoms with van der Waals surface area (Å²) in [6, 6.07) is 8.27. The van der Waals surface area contributed by atoms with E-state index in [4.69, 9.17) is 11.6 Å². The second-order valence-corrected chi connectivity index (χ2v) is 8.93. The molecule has 138 valence electrons. The van der Waals surface area contributed by atoms with E-state index in [1.165, 1.54) is 24.3 Å². The van der Waals surface area contributed by atoms with Crippen LogP contribution in [0.2, 0.25) is 5.02 Å². The number of carbonyl (C=O) groups is 1. The van der Waals surface area contributed by atoms with Crippen LogP contribution in [0.15, 0.2) is 47.4 Å². The average Bonchev–Trinajstić information content (AvgIpc) is 3.09. The summed E-state index contributed by atoms with van der Waals surface area (Å²) in [5.74, 6) is -2.56. The van der Waals surface area contributed by atoms with Crippen molar-refractivity contribution in [2.24, 2.45) is 0 Å². The van der Waals surface area contributed by atoms with Crippen LogP contribution in [-0.4, -0.2) is 19.1 Å². The Morgan fingerprint density at radius 1 is 1.04 bits per heavy atom. The minimum Gasteiger partial charge on any atom is -0.322 e. The summed E-state index contributed by atoms with van der Waals surface area (Å²) in [6.07, 6.45) is 1.39. The maximum absolute atomic E-state index is 13.9. The van der Waals surface area contributed by atoms with Crippen LogP contribution in [0.3, 0.4) is 0 Å². The second-order valence-electron chi connectivity index (χ2n) is 6.24. The van der Waals surface area contributed by atoms with E-state index in [9.17, 15) is 22.0 Å². The van der Waals surface area contributed by atoms with Gasteiger partial charge in [-0.3, -0.25) is 4.79 Å². The number of halogens is 3. The summed E-state index contributed by atoms with van der Waals surface area (Å²) in [5.41, 5.74) is -0.256. The first-order chi connectivity index (χ1) is 12.3. The van der Waals surface area contributed by atoms with Gasteiger partial charge in [-0.25, -0.2) is 17.2 Å². The predicted molar refractivity (Wildman–Crippen MR) is 94.8 cm³/mol. The fourth-order valence-electron chi connectivity index (χ4n) is 3.23. The molecular weight excluding hydrogens is 384 g/mol. The van der Waals surface area contributed by atoms with Gasteiger partial charge < -0.3 is 5.32 Å². The number of hydrogen-bond donors (Lipinski definition) is 1. The largest absolute Gasteiger partial charge is 0.322 e. The lowest BCUT2D eigenvalue weighted by Crippen LogP contribution is -2.47. The van der Waals surface area contributed by atoms with Crippen molar-refractivity contribution in [1.82, 2.24) is 0 Å². The topological polar surface area (TPSA) is 63.2 Å². The van der Waals surface area contributed by atoms with E-state index in [2.05, 4.69) is 5.32 Å². The van der Waals surface area contributed by atoms with Crippen LogP contribution >= 0.6 is 11.6 Å². The number of nitrogens with one attached hydrogen (secondary N) is 1. The molecule has 0 bridgehead atoms. The molecule has 0 aromatic heterocycles. The molecule has 0 spiro atoms. The maximum atomic E-state index is 13.9. The van der Waals surface area contributed by atoms with E-state index in [0.717, 1.165) is 12.1 Å². The molecule has 2 aromatic carbocycles. The molecule has 0 radical (unpaired) electrons. The molecule has 1 amide bonds. The van der Waals surface area contributed by atoms with Gasteiger partial charge in [-0.1, -0.05) is 24.4 Å². The van der Waals surface area contributed by atoms with E-state index >= 15 is 0 Å². The minimum atomic E-state index is -4.02. The zero-order chi connectivity index (χ0) is 18.9. The number of benzene rings is 2. The first-order valence-electron chi connectivity index (χ1n) is 8.03. The second kappa shape index (κ2) is 6.96. The van der Waals surface area contributed by atoms with Crippen LogP contribution < -0.4 is 5.32 Å². The number of hydrogen-bond acceptors (Lipinski definition) is 3. The summed E-state index contributed by atoms with van der Waals surface area (Å²) in [6.45, 7) is 0. The quantitative estimate of drug-likeness (QED) is 0.831. The summed E-state index contributed by atoms with van der Waals surface area (Å²) >= 11 is 5.81. The Labute approximate surface area is 155 Å². The van der Waals surface area contributed by atoms with E-state index < -0.39 is 32.1 Å². The lowest BCUT2D eigenvalue weighted by atomic mass is 10.1. The molecule has 1 aliphatic rings. The van der Waals surface area contributed by atoms with E-state index in [1.807, 2.05) is 0 Å². The standard InChI is InChI=1S/C18H16ClF2NO3S/c19-12-3-6-14(7-4-12)26(24,25)18(9-1-2-10-18)17(23)22-16-8-5-13(20)11-15(16)21/h3-8,11H,1-2,9-10H2,(H,22,23). The number of amides is 1. The van der Waals surface area contributed by atoms with Gasteiger partial charge in [-0.05, 0) is 49.2 Å². The number of anilines is 1. The predicted octanol–water partition coefficient (Wildman–Crippen LogP) is 4.34. The third-order valence-corrected chi connectivity index (χ3v) is 7.41. The van der Waals surface area contributed by atoms with Gasteiger partial charge in [-0.15, -0.1) is 0 Å². The van der Waals surface area contributed by atoms with Gasteiger partial charge in [-0.2, -0.15) is 0 Å². The smallest absolute Gasteiger partial charge is 0.246 e. The van der Waals surface area contributed by atoms with Gasteiger partial charge in [0.05, 0.1) is 10.6 Å². The van der Waals surface area contributed by atoms with Crippen LogP contribution in [0, 0.1) is 11.6 Å². The number of sulfone groups is 1. The molecule has 0 heterocycles. The zero-order valence-electron chi connectivity index (χ0n) is 13.6. The molecule has 1 N–H and O–H groups in total. The van der Waals surface area contributed by atoms with Crippen molar-refractivity contribution in [3.8, 4) is 0 Å². The summed E-state index contributed by atoms with van der Waals surface area (Å²) in [5, 5.41) is 2.70. The average molecular weight is 400 g/mol. The Hall–Kier alpha value is -1.99. The van der Waals surface area contributed by atoms with Crippen molar-refractivity contribution in [3.63, 3.8) is 0 Å².